The Balaban J connectivity index is 2.44. The quantitative estimate of drug-likeness (QED) is 0.927. The fourth-order valence-electron chi connectivity index (χ4n) is 1.90. The van der Waals surface area contributed by atoms with Gasteiger partial charge in [0.2, 0.25) is 0 Å². The van der Waals surface area contributed by atoms with Crippen molar-refractivity contribution in [2.75, 3.05) is 7.11 Å². The molecule has 5 heteroatoms. The van der Waals surface area contributed by atoms with E-state index in [9.17, 15) is 13.9 Å². The van der Waals surface area contributed by atoms with Gasteiger partial charge in [0.25, 0.3) is 0 Å². The largest absolute Gasteiger partial charge is 0.495 e. The summed E-state index contributed by atoms with van der Waals surface area (Å²) in [6, 6.07) is 7.34. The molecule has 0 saturated heterocycles. The maximum Gasteiger partial charge on any atom is 0.165 e. The van der Waals surface area contributed by atoms with Gasteiger partial charge in [-0.3, -0.25) is 0 Å². The van der Waals surface area contributed by atoms with Gasteiger partial charge in [0, 0.05) is 5.56 Å². The van der Waals surface area contributed by atoms with Crippen LogP contribution in [0.15, 0.2) is 30.3 Å². The maximum atomic E-state index is 13.9. The summed E-state index contributed by atoms with van der Waals surface area (Å²) >= 11 is 5.95. The molecule has 20 heavy (non-hydrogen) atoms. The fraction of sp³-hybridized carbons (Fsp3) is 0.200. The number of aliphatic hydroxyl groups excluding tert-OH is 1. The van der Waals surface area contributed by atoms with Crippen molar-refractivity contribution in [2.24, 2.45) is 0 Å². The lowest BCUT2D eigenvalue weighted by Crippen LogP contribution is -2.05. The standard InChI is InChI=1S/C15H13ClF2O2/c1-8-3-5-10(14(18)13(8)17)15(19)9-4-6-12(20-2)11(16)7-9/h3-7,15,19H,1-2H3. The van der Waals surface area contributed by atoms with E-state index < -0.39 is 17.7 Å². The van der Waals surface area contributed by atoms with Crippen molar-refractivity contribution < 1.29 is 18.6 Å². The molecule has 0 bridgehead atoms. The Kier molecular flexibility index (Phi) is 4.26. The highest BCUT2D eigenvalue weighted by Gasteiger charge is 2.20. The van der Waals surface area contributed by atoms with Crippen molar-refractivity contribution in [1.29, 1.82) is 0 Å². The normalized spacial score (nSPS) is 12.3. The van der Waals surface area contributed by atoms with Gasteiger partial charge in [-0.25, -0.2) is 8.78 Å². The summed E-state index contributed by atoms with van der Waals surface area (Å²) in [5.41, 5.74) is 0.415. The van der Waals surface area contributed by atoms with Gasteiger partial charge < -0.3 is 9.84 Å². The summed E-state index contributed by atoms with van der Waals surface area (Å²) in [5, 5.41) is 10.5. The number of aryl methyl sites for hydroxylation is 1. The molecule has 0 aliphatic rings. The molecule has 2 nitrogen and oxygen atoms in total. The topological polar surface area (TPSA) is 29.5 Å². The lowest BCUT2D eigenvalue weighted by Gasteiger charge is -2.15. The molecule has 2 aromatic carbocycles. The smallest absolute Gasteiger partial charge is 0.165 e. The van der Waals surface area contributed by atoms with Crippen molar-refractivity contribution in [3.63, 3.8) is 0 Å². The van der Waals surface area contributed by atoms with Crippen LogP contribution in [0.5, 0.6) is 5.75 Å². The maximum absolute atomic E-state index is 13.9. The minimum Gasteiger partial charge on any atom is -0.495 e. The van der Waals surface area contributed by atoms with Crippen LogP contribution in [0.25, 0.3) is 0 Å². The second kappa shape index (κ2) is 5.77. The number of ether oxygens (including phenoxy) is 1. The number of benzene rings is 2. The Bertz CT molecular complexity index is 644. The molecule has 1 N–H and O–H groups in total. The summed E-state index contributed by atoms with van der Waals surface area (Å²) in [6.07, 6.45) is -1.30. The first-order chi connectivity index (χ1) is 9.45. The van der Waals surface area contributed by atoms with Crippen LogP contribution in [-0.2, 0) is 0 Å². The molecule has 0 fully saturated rings. The Hall–Kier alpha value is -1.65. The predicted octanol–water partition coefficient (Wildman–Crippen LogP) is 4.02. The van der Waals surface area contributed by atoms with Gasteiger partial charge in [0.1, 0.15) is 11.9 Å². The minimum atomic E-state index is -1.30. The molecule has 0 amide bonds. The van der Waals surface area contributed by atoms with E-state index in [0.717, 1.165) is 0 Å². The third kappa shape index (κ3) is 2.62. The van der Waals surface area contributed by atoms with E-state index in [1.807, 2.05) is 0 Å². The van der Waals surface area contributed by atoms with Crippen molar-refractivity contribution in [2.45, 2.75) is 13.0 Å². The van der Waals surface area contributed by atoms with Gasteiger partial charge in [0.05, 0.1) is 12.1 Å². The molecule has 0 spiro atoms. The number of methoxy groups -OCH3 is 1. The van der Waals surface area contributed by atoms with Crippen LogP contribution in [0.2, 0.25) is 5.02 Å². The molecule has 1 unspecified atom stereocenters. The molecule has 0 aliphatic heterocycles. The molecule has 0 saturated carbocycles. The third-order valence-electron chi connectivity index (χ3n) is 3.09. The van der Waals surface area contributed by atoms with Crippen molar-refractivity contribution in [3.8, 4) is 5.75 Å². The second-order valence-corrected chi connectivity index (χ2v) is 4.80. The van der Waals surface area contributed by atoms with E-state index in [0.29, 0.717) is 11.3 Å². The van der Waals surface area contributed by atoms with Crippen LogP contribution in [-0.4, -0.2) is 12.2 Å². The van der Waals surface area contributed by atoms with Gasteiger partial charge in [-0.15, -0.1) is 0 Å². The SMILES string of the molecule is COc1ccc(C(O)c2ccc(C)c(F)c2F)cc1Cl. The lowest BCUT2D eigenvalue weighted by molar-refractivity contribution is 0.213. The highest BCUT2D eigenvalue weighted by molar-refractivity contribution is 6.32. The van der Waals surface area contributed by atoms with Crippen LogP contribution in [0.1, 0.15) is 22.8 Å². The summed E-state index contributed by atoms with van der Waals surface area (Å²) in [5.74, 6) is -1.57. The first-order valence-electron chi connectivity index (χ1n) is 5.91. The van der Waals surface area contributed by atoms with Gasteiger partial charge >= 0.3 is 0 Å². The van der Waals surface area contributed by atoms with E-state index in [4.69, 9.17) is 16.3 Å². The van der Waals surface area contributed by atoms with Crippen LogP contribution < -0.4 is 4.74 Å². The van der Waals surface area contributed by atoms with Crippen molar-refractivity contribution in [1.82, 2.24) is 0 Å². The highest BCUT2D eigenvalue weighted by atomic mass is 35.5. The Labute approximate surface area is 120 Å². The van der Waals surface area contributed by atoms with Crippen LogP contribution in [0, 0.1) is 18.6 Å². The second-order valence-electron chi connectivity index (χ2n) is 4.40. The van der Waals surface area contributed by atoms with E-state index in [2.05, 4.69) is 0 Å². The molecule has 0 heterocycles. The number of aliphatic hydroxyl groups is 1. The van der Waals surface area contributed by atoms with Crippen LogP contribution in [0.4, 0.5) is 8.78 Å². The monoisotopic (exact) mass is 298 g/mol. The zero-order valence-electron chi connectivity index (χ0n) is 11.0. The number of rotatable bonds is 3. The Morgan fingerprint density at radius 1 is 1.15 bits per heavy atom. The number of hydrogen-bond acceptors (Lipinski definition) is 2. The molecule has 106 valence electrons. The summed E-state index contributed by atoms with van der Waals surface area (Å²) < 4.78 is 32.4. The molecule has 2 rings (SSSR count). The summed E-state index contributed by atoms with van der Waals surface area (Å²) in [4.78, 5) is 0. The van der Waals surface area contributed by atoms with Gasteiger partial charge in [-0.05, 0) is 30.2 Å². The number of halogens is 3. The third-order valence-corrected chi connectivity index (χ3v) is 3.39. The summed E-state index contributed by atoms with van der Waals surface area (Å²) in [6.45, 7) is 1.46. The molecular formula is C15H13ClF2O2. The van der Waals surface area contributed by atoms with E-state index >= 15 is 0 Å². The van der Waals surface area contributed by atoms with Gasteiger partial charge in [0.15, 0.2) is 11.6 Å². The van der Waals surface area contributed by atoms with Crippen molar-refractivity contribution >= 4 is 11.6 Å². The number of hydrogen-bond donors (Lipinski definition) is 1. The molecule has 2 aromatic rings. The first kappa shape index (κ1) is 14.8. The Morgan fingerprint density at radius 3 is 2.45 bits per heavy atom. The molecule has 0 aromatic heterocycles. The zero-order chi connectivity index (χ0) is 14.9. The average Bonchev–Trinajstić information content (AvgIpc) is 2.44. The van der Waals surface area contributed by atoms with Crippen molar-refractivity contribution in [3.05, 3.63) is 63.7 Å². The molecule has 0 aliphatic carbocycles. The zero-order valence-corrected chi connectivity index (χ0v) is 11.7. The minimum absolute atomic E-state index is 0.130. The van der Waals surface area contributed by atoms with E-state index in [1.165, 1.54) is 32.2 Å². The van der Waals surface area contributed by atoms with E-state index in [1.54, 1.807) is 12.1 Å². The first-order valence-corrected chi connectivity index (χ1v) is 6.29. The van der Waals surface area contributed by atoms with Crippen LogP contribution in [0.3, 0.4) is 0 Å². The molecule has 1 atom stereocenters. The highest BCUT2D eigenvalue weighted by Crippen LogP contribution is 2.32. The molecular weight excluding hydrogens is 286 g/mol. The average molecular weight is 299 g/mol. The van der Waals surface area contributed by atoms with E-state index in [-0.39, 0.29) is 16.1 Å². The predicted molar refractivity (Wildman–Crippen MR) is 73.2 cm³/mol. The lowest BCUT2D eigenvalue weighted by atomic mass is 9.99. The van der Waals surface area contributed by atoms with Gasteiger partial charge in [-0.1, -0.05) is 29.8 Å². The molecule has 0 radical (unpaired) electrons. The van der Waals surface area contributed by atoms with Gasteiger partial charge in [-0.2, -0.15) is 0 Å². The summed E-state index contributed by atoms with van der Waals surface area (Å²) in [7, 11) is 1.46. The Morgan fingerprint density at radius 2 is 1.85 bits per heavy atom. The van der Waals surface area contributed by atoms with Crippen LogP contribution >= 0.6 is 11.6 Å². The fourth-order valence-corrected chi connectivity index (χ4v) is 2.17.